The monoisotopic (exact) mass is 241 g/mol. The molecule has 0 fully saturated rings. The molecule has 0 unspecified atom stereocenters. The van der Waals surface area contributed by atoms with Crippen LogP contribution in [0.5, 0.6) is 0 Å². The maximum Gasteiger partial charge on any atom is 0.0995 e. The third-order valence-electron chi connectivity index (χ3n) is 3.65. The zero-order valence-corrected chi connectivity index (χ0v) is 10.2. The lowest BCUT2D eigenvalue weighted by Gasteiger charge is -2.08. The van der Waals surface area contributed by atoms with Crippen molar-refractivity contribution < 1.29 is 5.11 Å². The molecule has 0 radical (unpaired) electrons. The van der Waals surface area contributed by atoms with Crippen LogP contribution in [0.4, 0.5) is 0 Å². The van der Waals surface area contributed by atoms with Crippen LogP contribution in [0.25, 0.3) is 11.0 Å². The van der Waals surface area contributed by atoms with E-state index in [0.29, 0.717) is 0 Å². The normalized spacial score (nSPS) is 13.8. The van der Waals surface area contributed by atoms with Crippen LogP contribution >= 0.6 is 0 Å². The van der Waals surface area contributed by atoms with E-state index in [1.165, 1.54) is 11.1 Å². The summed E-state index contributed by atoms with van der Waals surface area (Å²) in [4.78, 5) is 4.39. The molecule has 1 N–H and O–H groups in total. The average molecular weight is 241 g/mol. The third-order valence-corrected chi connectivity index (χ3v) is 3.65. The van der Waals surface area contributed by atoms with Gasteiger partial charge in [-0.25, -0.2) is 4.98 Å². The van der Waals surface area contributed by atoms with Crippen LogP contribution in [-0.2, 0) is 19.4 Å². The van der Waals surface area contributed by atoms with Crippen molar-refractivity contribution in [3.05, 3.63) is 29.1 Å². The number of aliphatic hydroxyl groups excluding tert-OH is 1. The van der Waals surface area contributed by atoms with Crippen molar-refractivity contribution in [3.8, 4) is 6.07 Å². The summed E-state index contributed by atoms with van der Waals surface area (Å²) in [5, 5.41) is 18.1. The Morgan fingerprint density at radius 2 is 2.22 bits per heavy atom. The second-order valence-electron chi connectivity index (χ2n) is 4.73. The van der Waals surface area contributed by atoms with Crippen molar-refractivity contribution in [2.75, 3.05) is 6.61 Å². The molecule has 3 rings (SSSR count). The van der Waals surface area contributed by atoms with Gasteiger partial charge in [-0.05, 0) is 42.9 Å². The molecule has 2 aromatic rings. The summed E-state index contributed by atoms with van der Waals surface area (Å²) in [5.41, 5.74) is 5.35. The standard InChI is InChI=1S/C14H15N3O/c15-8-10-7-13-14(12-4-1-3-11(10)12)17(9-16-13)5-2-6-18/h7,9,18H,1-6H2. The first-order chi connectivity index (χ1) is 8.85. The predicted molar refractivity (Wildman–Crippen MR) is 68.2 cm³/mol. The lowest BCUT2D eigenvalue weighted by Crippen LogP contribution is -2.01. The van der Waals surface area contributed by atoms with Crippen LogP contribution in [0.3, 0.4) is 0 Å². The average Bonchev–Trinajstić information content (AvgIpc) is 3.01. The quantitative estimate of drug-likeness (QED) is 0.891. The summed E-state index contributed by atoms with van der Waals surface area (Å²) in [6.07, 6.45) is 5.71. The molecule has 1 aromatic carbocycles. The van der Waals surface area contributed by atoms with Crippen LogP contribution in [0.2, 0.25) is 0 Å². The van der Waals surface area contributed by atoms with Gasteiger partial charge in [-0.3, -0.25) is 0 Å². The number of nitrogens with zero attached hydrogens (tertiary/aromatic N) is 3. The van der Waals surface area contributed by atoms with E-state index in [9.17, 15) is 5.26 Å². The topological polar surface area (TPSA) is 61.8 Å². The number of nitriles is 1. The lowest BCUT2D eigenvalue weighted by molar-refractivity contribution is 0.280. The molecule has 1 heterocycles. The minimum atomic E-state index is 0.193. The van der Waals surface area contributed by atoms with Crippen LogP contribution in [-0.4, -0.2) is 21.3 Å². The molecular formula is C14H15N3O. The Kier molecular flexibility index (Phi) is 2.77. The Balaban J connectivity index is 2.20. The van der Waals surface area contributed by atoms with Gasteiger partial charge in [-0.1, -0.05) is 0 Å². The number of imidazole rings is 1. The highest BCUT2D eigenvalue weighted by Crippen LogP contribution is 2.32. The van der Waals surface area contributed by atoms with Crippen molar-refractivity contribution in [3.63, 3.8) is 0 Å². The van der Waals surface area contributed by atoms with Crippen molar-refractivity contribution in [1.82, 2.24) is 9.55 Å². The van der Waals surface area contributed by atoms with Gasteiger partial charge < -0.3 is 9.67 Å². The molecule has 1 aliphatic carbocycles. The second kappa shape index (κ2) is 4.43. The summed E-state index contributed by atoms with van der Waals surface area (Å²) >= 11 is 0. The fourth-order valence-electron chi connectivity index (χ4n) is 2.87. The summed E-state index contributed by atoms with van der Waals surface area (Å²) in [6, 6.07) is 4.18. The molecule has 0 aliphatic heterocycles. The highest BCUT2D eigenvalue weighted by molar-refractivity contribution is 5.83. The first-order valence-corrected chi connectivity index (χ1v) is 6.35. The van der Waals surface area contributed by atoms with E-state index in [2.05, 4.69) is 15.6 Å². The maximum absolute atomic E-state index is 9.19. The van der Waals surface area contributed by atoms with E-state index in [1.807, 2.05) is 12.4 Å². The molecule has 0 atom stereocenters. The Morgan fingerprint density at radius 3 is 3.00 bits per heavy atom. The zero-order valence-electron chi connectivity index (χ0n) is 10.2. The van der Waals surface area contributed by atoms with E-state index in [4.69, 9.17) is 5.11 Å². The van der Waals surface area contributed by atoms with Crippen LogP contribution in [0.1, 0.15) is 29.5 Å². The van der Waals surface area contributed by atoms with Gasteiger partial charge >= 0.3 is 0 Å². The molecule has 4 heteroatoms. The number of aliphatic hydroxyl groups is 1. The van der Waals surface area contributed by atoms with E-state index in [1.54, 1.807) is 0 Å². The maximum atomic E-state index is 9.19. The molecule has 0 bridgehead atoms. The minimum Gasteiger partial charge on any atom is -0.396 e. The number of benzene rings is 1. The van der Waals surface area contributed by atoms with Gasteiger partial charge in [-0.15, -0.1) is 0 Å². The van der Waals surface area contributed by atoms with E-state index < -0.39 is 0 Å². The number of aromatic nitrogens is 2. The Bertz CT molecular complexity index is 637. The van der Waals surface area contributed by atoms with Crippen molar-refractivity contribution in [2.24, 2.45) is 0 Å². The van der Waals surface area contributed by atoms with Gasteiger partial charge in [0.1, 0.15) is 0 Å². The first kappa shape index (κ1) is 11.2. The second-order valence-corrected chi connectivity index (χ2v) is 4.73. The summed E-state index contributed by atoms with van der Waals surface area (Å²) in [6.45, 7) is 0.976. The molecule has 4 nitrogen and oxygen atoms in total. The van der Waals surface area contributed by atoms with Crippen LogP contribution in [0, 0.1) is 11.3 Å². The van der Waals surface area contributed by atoms with Crippen molar-refractivity contribution >= 4 is 11.0 Å². The van der Waals surface area contributed by atoms with Gasteiger partial charge in [-0.2, -0.15) is 5.26 Å². The zero-order chi connectivity index (χ0) is 12.5. The fourth-order valence-corrected chi connectivity index (χ4v) is 2.87. The molecule has 92 valence electrons. The molecule has 1 aliphatic rings. The highest BCUT2D eigenvalue weighted by Gasteiger charge is 2.21. The van der Waals surface area contributed by atoms with E-state index >= 15 is 0 Å². The van der Waals surface area contributed by atoms with E-state index in [-0.39, 0.29) is 6.61 Å². The van der Waals surface area contributed by atoms with Gasteiger partial charge in [0.05, 0.1) is 29.0 Å². The number of rotatable bonds is 3. The lowest BCUT2D eigenvalue weighted by atomic mass is 10.0. The van der Waals surface area contributed by atoms with Crippen molar-refractivity contribution in [2.45, 2.75) is 32.2 Å². The van der Waals surface area contributed by atoms with Crippen LogP contribution < -0.4 is 0 Å². The molecule has 0 saturated heterocycles. The summed E-state index contributed by atoms with van der Waals surface area (Å²) in [5.74, 6) is 0. The minimum absolute atomic E-state index is 0.193. The summed E-state index contributed by atoms with van der Waals surface area (Å²) < 4.78 is 2.11. The SMILES string of the molecule is N#Cc1cc2ncn(CCCO)c2c2c1CCC2. The molecule has 0 amide bonds. The first-order valence-electron chi connectivity index (χ1n) is 6.35. The summed E-state index contributed by atoms with van der Waals surface area (Å²) in [7, 11) is 0. The van der Waals surface area contributed by atoms with Crippen molar-refractivity contribution in [1.29, 1.82) is 5.26 Å². The number of fused-ring (bicyclic) bond motifs is 3. The molecule has 0 spiro atoms. The molecular weight excluding hydrogens is 226 g/mol. The smallest absolute Gasteiger partial charge is 0.0995 e. The molecule has 0 saturated carbocycles. The Labute approximate surface area is 105 Å². The number of hydrogen-bond acceptors (Lipinski definition) is 3. The van der Waals surface area contributed by atoms with Gasteiger partial charge in [0.15, 0.2) is 0 Å². The fraction of sp³-hybridized carbons (Fsp3) is 0.429. The Hall–Kier alpha value is -1.86. The third kappa shape index (κ3) is 1.59. The molecule has 1 aromatic heterocycles. The van der Waals surface area contributed by atoms with Gasteiger partial charge in [0, 0.05) is 13.2 Å². The van der Waals surface area contributed by atoms with E-state index in [0.717, 1.165) is 48.8 Å². The number of hydrogen-bond donors (Lipinski definition) is 1. The largest absolute Gasteiger partial charge is 0.396 e. The number of aryl methyl sites for hydroxylation is 2. The van der Waals surface area contributed by atoms with Gasteiger partial charge in [0.2, 0.25) is 0 Å². The predicted octanol–water partition coefficient (Wildman–Crippen LogP) is 1.78. The Morgan fingerprint density at radius 1 is 1.39 bits per heavy atom. The molecule has 18 heavy (non-hydrogen) atoms. The van der Waals surface area contributed by atoms with Gasteiger partial charge in [0.25, 0.3) is 0 Å². The van der Waals surface area contributed by atoms with Crippen LogP contribution in [0.15, 0.2) is 12.4 Å². The highest BCUT2D eigenvalue weighted by atomic mass is 16.3.